The third-order valence-corrected chi connectivity index (χ3v) is 3.25. The standard InChI is InChI=1S/C10H14ClN3O3S/c1-10(15,6-18-2)5-12-9-7(14(16)17)3-4-8(11)13-9/h3-4,15H,5-6H2,1-2H3,(H,12,13). The molecule has 100 valence electrons. The van der Waals surface area contributed by atoms with Crippen molar-refractivity contribution >= 4 is 34.9 Å². The van der Waals surface area contributed by atoms with Gasteiger partial charge in [0.2, 0.25) is 5.82 Å². The highest BCUT2D eigenvalue weighted by atomic mass is 35.5. The van der Waals surface area contributed by atoms with Gasteiger partial charge in [0.15, 0.2) is 0 Å². The highest BCUT2D eigenvalue weighted by molar-refractivity contribution is 7.98. The maximum atomic E-state index is 10.8. The minimum Gasteiger partial charge on any atom is -0.387 e. The Kier molecular flexibility index (Phi) is 5.18. The molecule has 0 aliphatic heterocycles. The van der Waals surface area contributed by atoms with Crippen molar-refractivity contribution in [2.24, 2.45) is 0 Å². The molecule has 0 aliphatic rings. The summed E-state index contributed by atoms with van der Waals surface area (Å²) in [6.07, 6.45) is 1.87. The predicted octanol–water partition coefficient (Wildman–Crippen LogP) is 2.17. The van der Waals surface area contributed by atoms with E-state index in [1.807, 2.05) is 6.26 Å². The number of aliphatic hydroxyl groups is 1. The number of hydrogen-bond acceptors (Lipinski definition) is 6. The number of nitrogens with one attached hydrogen (secondary N) is 1. The van der Waals surface area contributed by atoms with Gasteiger partial charge in [-0.25, -0.2) is 4.98 Å². The fraction of sp³-hybridized carbons (Fsp3) is 0.500. The Morgan fingerprint density at radius 3 is 2.89 bits per heavy atom. The van der Waals surface area contributed by atoms with E-state index in [0.717, 1.165) is 0 Å². The smallest absolute Gasteiger partial charge is 0.311 e. The van der Waals surface area contributed by atoms with Gasteiger partial charge >= 0.3 is 5.69 Å². The Balaban J connectivity index is 2.83. The summed E-state index contributed by atoms with van der Waals surface area (Å²) in [4.78, 5) is 14.1. The number of rotatable bonds is 6. The topological polar surface area (TPSA) is 88.3 Å². The second-order valence-corrected chi connectivity index (χ2v) is 5.30. The monoisotopic (exact) mass is 291 g/mol. The average Bonchev–Trinajstić information content (AvgIpc) is 2.26. The van der Waals surface area contributed by atoms with E-state index in [9.17, 15) is 15.2 Å². The maximum Gasteiger partial charge on any atom is 0.311 e. The van der Waals surface area contributed by atoms with Crippen LogP contribution in [0.4, 0.5) is 11.5 Å². The predicted molar refractivity (Wildman–Crippen MR) is 73.4 cm³/mol. The molecule has 0 saturated heterocycles. The van der Waals surface area contributed by atoms with Gasteiger partial charge in [-0.1, -0.05) is 11.6 Å². The van der Waals surface area contributed by atoms with Gasteiger partial charge in [-0.15, -0.1) is 0 Å². The molecule has 1 heterocycles. The summed E-state index contributed by atoms with van der Waals surface area (Å²) < 4.78 is 0. The molecule has 1 aromatic rings. The van der Waals surface area contributed by atoms with Crippen molar-refractivity contribution in [3.63, 3.8) is 0 Å². The van der Waals surface area contributed by atoms with Crippen molar-refractivity contribution in [3.05, 3.63) is 27.4 Å². The first-order valence-electron chi connectivity index (χ1n) is 5.12. The first kappa shape index (κ1) is 15.0. The third-order valence-electron chi connectivity index (χ3n) is 2.13. The number of anilines is 1. The van der Waals surface area contributed by atoms with Crippen LogP contribution in [-0.2, 0) is 0 Å². The van der Waals surface area contributed by atoms with E-state index in [4.69, 9.17) is 11.6 Å². The molecule has 2 N–H and O–H groups in total. The van der Waals surface area contributed by atoms with Gasteiger partial charge in [0, 0.05) is 18.4 Å². The van der Waals surface area contributed by atoms with Crippen molar-refractivity contribution in [2.75, 3.05) is 23.9 Å². The van der Waals surface area contributed by atoms with Gasteiger partial charge in [-0.2, -0.15) is 11.8 Å². The van der Waals surface area contributed by atoms with Crippen LogP contribution in [0.5, 0.6) is 0 Å². The molecule has 18 heavy (non-hydrogen) atoms. The Bertz CT molecular complexity index is 442. The molecule has 0 bridgehead atoms. The summed E-state index contributed by atoms with van der Waals surface area (Å²) in [5.41, 5.74) is -1.14. The summed E-state index contributed by atoms with van der Waals surface area (Å²) in [6, 6.07) is 2.63. The molecule has 1 unspecified atom stereocenters. The number of nitro groups is 1. The van der Waals surface area contributed by atoms with Gasteiger partial charge in [-0.3, -0.25) is 10.1 Å². The Morgan fingerprint density at radius 1 is 1.67 bits per heavy atom. The Hall–Kier alpha value is -1.05. The van der Waals surface area contributed by atoms with E-state index in [1.165, 1.54) is 23.9 Å². The minimum atomic E-state index is -0.975. The molecule has 0 aromatic carbocycles. The SMILES string of the molecule is CSCC(C)(O)CNc1nc(Cl)ccc1[N+](=O)[O-]. The van der Waals surface area contributed by atoms with E-state index in [0.29, 0.717) is 5.75 Å². The Morgan fingerprint density at radius 2 is 2.33 bits per heavy atom. The first-order chi connectivity index (χ1) is 8.35. The maximum absolute atomic E-state index is 10.8. The largest absolute Gasteiger partial charge is 0.387 e. The van der Waals surface area contributed by atoms with Crippen molar-refractivity contribution in [2.45, 2.75) is 12.5 Å². The molecule has 8 heteroatoms. The van der Waals surface area contributed by atoms with E-state index in [1.54, 1.807) is 6.92 Å². The molecule has 6 nitrogen and oxygen atoms in total. The molecule has 0 fully saturated rings. The highest BCUT2D eigenvalue weighted by Crippen LogP contribution is 2.24. The molecule has 0 aliphatic carbocycles. The lowest BCUT2D eigenvalue weighted by Gasteiger charge is -2.22. The van der Waals surface area contributed by atoms with Crippen molar-refractivity contribution in [3.8, 4) is 0 Å². The van der Waals surface area contributed by atoms with Crippen LogP contribution in [0.15, 0.2) is 12.1 Å². The van der Waals surface area contributed by atoms with Gasteiger partial charge in [0.05, 0.1) is 10.5 Å². The van der Waals surface area contributed by atoms with Crippen LogP contribution < -0.4 is 5.32 Å². The van der Waals surface area contributed by atoms with Crippen LogP contribution >= 0.6 is 23.4 Å². The molecule has 1 aromatic heterocycles. The fourth-order valence-electron chi connectivity index (χ4n) is 1.34. The summed E-state index contributed by atoms with van der Waals surface area (Å²) in [5.74, 6) is 0.572. The van der Waals surface area contributed by atoms with Gasteiger partial charge < -0.3 is 10.4 Å². The quantitative estimate of drug-likeness (QED) is 0.474. The summed E-state index contributed by atoms with van der Waals surface area (Å²) in [6.45, 7) is 1.80. The third kappa shape index (κ3) is 4.32. The van der Waals surface area contributed by atoms with Gasteiger partial charge in [-0.05, 0) is 19.2 Å². The number of halogens is 1. The highest BCUT2D eigenvalue weighted by Gasteiger charge is 2.22. The van der Waals surface area contributed by atoms with E-state index in [2.05, 4.69) is 10.3 Å². The number of hydrogen-bond donors (Lipinski definition) is 2. The molecule has 0 spiro atoms. The molecule has 1 atom stereocenters. The molecule has 1 rings (SSSR count). The molecule has 0 saturated carbocycles. The van der Waals surface area contributed by atoms with Crippen LogP contribution in [-0.4, -0.2) is 39.2 Å². The zero-order valence-corrected chi connectivity index (χ0v) is 11.6. The summed E-state index contributed by atoms with van der Waals surface area (Å²) in [7, 11) is 0. The zero-order chi connectivity index (χ0) is 13.8. The number of thioether (sulfide) groups is 1. The van der Waals surface area contributed by atoms with E-state index >= 15 is 0 Å². The second kappa shape index (κ2) is 6.21. The van der Waals surface area contributed by atoms with Crippen LogP contribution in [0, 0.1) is 10.1 Å². The van der Waals surface area contributed by atoms with E-state index in [-0.39, 0.29) is 23.2 Å². The Labute approximate surface area is 114 Å². The number of pyridine rings is 1. The molecule has 0 amide bonds. The summed E-state index contributed by atoms with van der Waals surface area (Å²) >= 11 is 7.18. The van der Waals surface area contributed by atoms with Crippen molar-refractivity contribution in [1.82, 2.24) is 4.98 Å². The lowest BCUT2D eigenvalue weighted by Crippen LogP contribution is -2.36. The average molecular weight is 292 g/mol. The minimum absolute atomic E-state index is 0.0638. The fourth-order valence-corrected chi connectivity index (χ4v) is 2.21. The normalized spacial score (nSPS) is 14.0. The van der Waals surface area contributed by atoms with Crippen molar-refractivity contribution < 1.29 is 10.0 Å². The molecular formula is C10H14ClN3O3S. The lowest BCUT2D eigenvalue weighted by molar-refractivity contribution is -0.384. The van der Waals surface area contributed by atoms with Gasteiger partial charge in [0.25, 0.3) is 0 Å². The van der Waals surface area contributed by atoms with E-state index < -0.39 is 10.5 Å². The number of aromatic nitrogens is 1. The van der Waals surface area contributed by atoms with Crippen LogP contribution in [0.2, 0.25) is 5.15 Å². The lowest BCUT2D eigenvalue weighted by atomic mass is 10.1. The molecular weight excluding hydrogens is 278 g/mol. The molecule has 0 radical (unpaired) electrons. The van der Waals surface area contributed by atoms with Crippen LogP contribution in [0.25, 0.3) is 0 Å². The van der Waals surface area contributed by atoms with Crippen molar-refractivity contribution in [1.29, 1.82) is 0 Å². The first-order valence-corrected chi connectivity index (χ1v) is 6.89. The number of nitrogens with zero attached hydrogens (tertiary/aromatic N) is 2. The van der Waals surface area contributed by atoms with Gasteiger partial charge in [0.1, 0.15) is 5.15 Å². The summed E-state index contributed by atoms with van der Waals surface area (Å²) in [5, 5.41) is 23.7. The van der Waals surface area contributed by atoms with Crippen LogP contribution in [0.1, 0.15) is 6.92 Å². The zero-order valence-electron chi connectivity index (χ0n) is 10.0. The van der Waals surface area contributed by atoms with Crippen LogP contribution in [0.3, 0.4) is 0 Å². The second-order valence-electron chi connectivity index (χ2n) is 4.04.